The molecule has 0 fully saturated rings. The molecule has 1 atom stereocenters. The fourth-order valence-corrected chi connectivity index (χ4v) is 4.08. The number of anilines is 1. The zero-order valence-corrected chi connectivity index (χ0v) is 18.3. The summed E-state index contributed by atoms with van der Waals surface area (Å²) < 4.78 is 11.0. The van der Waals surface area contributed by atoms with Crippen LogP contribution in [0.25, 0.3) is 0 Å². The number of hydrogen-bond donors (Lipinski definition) is 1. The molecule has 0 bridgehead atoms. The fraction of sp³-hybridized carbons (Fsp3) is 0.200. The van der Waals surface area contributed by atoms with Crippen molar-refractivity contribution in [2.24, 2.45) is 0 Å². The van der Waals surface area contributed by atoms with E-state index in [0.29, 0.717) is 17.2 Å². The van der Waals surface area contributed by atoms with Crippen molar-refractivity contribution >= 4 is 23.1 Å². The number of hydrogen-bond acceptors (Lipinski definition) is 7. The van der Waals surface area contributed by atoms with E-state index in [1.807, 2.05) is 0 Å². The van der Waals surface area contributed by atoms with E-state index in [-0.39, 0.29) is 30.0 Å². The number of ether oxygens (including phenoxy) is 2. The summed E-state index contributed by atoms with van der Waals surface area (Å²) in [4.78, 5) is 38.4. The van der Waals surface area contributed by atoms with Gasteiger partial charge in [0.05, 0.1) is 36.2 Å². The van der Waals surface area contributed by atoms with Gasteiger partial charge in [-0.25, -0.2) is 0 Å². The summed E-state index contributed by atoms with van der Waals surface area (Å²) in [6.45, 7) is 0.213. The average Bonchev–Trinajstić information content (AvgIpc) is 3.06. The molecule has 3 aromatic rings. The van der Waals surface area contributed by atoms with Crippen molar-refractivity contribution in [3.63, 3.8) is 0 Å². The molecule has 1 heterocycles. The minimum Gasteiger partial charge on any atom is -0.493 e. The Bertz CT molecular complexity index is 1260. The first kappa shape index (κ1) is 22.9. The molecular weight excluding hydrogens is 440 g/mol. The second-order valence-electron chi connectivity index (χ2n) is 7.71. The number of carbonyl (C=O) groups excluding carboxylic acids is 2. The second kappa shape index (κ2) is 9.32. The molecule has 1 aliphatic heterocycles. The number of nitrogens with zero attached hydrogens (tertiary/aromatic N) is 2. The molecule has 0 spiro atoms. The third-order valence-electron chi connectivity index (χ3n) is 5.70. The highest BCUT2D eigenvalue weighted by Gasteiger charge is 2.51. The fourth-order valence-electron chi connectivity index (χ4n) is 4.08. The van der Waals surface area contributed by atoms with Crippen molar-refractivity contribution in [2.75, 3.05) is 25.2 Å². The van der Waals surface area contributed by atoms with Crippen molar-refractivity contribution in [3.8, 4) is 11.5 Å². The van der Waals surface area contributed by atoms with Crippen LogP contribution in [-0.4, -0.2) is 42.0 Å². The average molecular weight is 462 g/mol. The summed E-state index contributed by atoms with van der Waals surface area (Å²) in [5.41, 5.74) is -1.97. The number of benzene rings is 3. The molecule has 0 saturated heterocycles. The molecule has 0 aromatic heterocycles. The van der Waals surface area contributed by atoms with Crippen LogP contribution in [0.1, 0.15) is 22.3 Å². The number of Topliss-reactive ketones (excluding diaryl/α,β-unsaturated/α-hetero) is 1. The molecule has 174 valence electrons. The Morgan fingerprint density at radius 3 is 2.41 bits per heavy atom. The SMILES string of the molecule is COc1ccccc1OCCN1C(=O)C(O)(CC(=O)c2ccccc2[N+](=O)[O-])c2ccccc21. The normalized spacial score (nSPS) is 16.8. The smallest absolute Gasteiger partial charge is 0.280 e. The number of nitro benzene ring substituents is 1. The van der Waals surface area contributed by atoms with Crippen LogP contribution in [-0.2, 0) is 10.4 Å². The Labute approximate surface area is 195 Å². The van der Waals surface area contributed by atoms with Gasteiger partial charge in [0, 0.05) is 11.6 Å². The first-order valence-corrected chi connectivity index (χ1v) is 10.5. The van der Waals surface area contributed by atoms with Crippen LogP contribution in [0.3, 0.4) is 0 Å². The molecule has 1 amide bonds. The van der Waals surface area contributed by atoms with Crippen molar-refractivity contribution in [3.05, 3.63) is 94.0 Å². The zero-order valence-electron chi connectivity index (χ0n) is 18.3. The van der Waals surface area contributed by atoms with E-state index in [2.05, 4.69) is 0 Å². The molecule has 0 radical (unpaired) electrons. The Balaban J connectivity index is 1.57. The third kappa shape index (κ3) is 4.08. The van der Waals surface area contributed by atoms with Gasteiger partial charge in [0.2, 0.25) is 0 Å². The van der Waals surface area contributed by atoms with Crippen LogP contribution in [0.2, 0.25) is 0 Å². The van der Waals surface area contributed by atoms with Gasteiger partial charge in [-0.3, -0.25) is 19.7 Å². The molecule has 34 heavy (non-hydrogen) atoms. The zero-order chi connectivity index (χ0) is 24.3. The molecular formula is C25H22N2O7. The third-order valence-corrected chi connectivity index (χ3v) is 5.70. The number of para-hydroxylation sites is 4. The molecule has 4 rings (SSSR count). The van der Waals surface area contributed by atoms with Crippen molar-refractivity contribution in [2.45, 2.75) is 12.0 Å². The lowest BCUT2D eigenvalue weighted by molar-refractivity contribution is -0.385. The lowest BCUT2D eigenvalue weighted by Crippen LogP contribution is -2.43. The van der Waals surface area contributed by atoms with E-state index < -0.39 is 28.6 Å². The number of fused-ring (bicyclic) bond motifs is 1. The maximum atomic E-state index is 13.3. The molecule has 0 aliphatic carbocycles. The first-order chi connectivity index (χ1) is 16.4. The Morgan fingerprint density at radius 2 is 1.68 bits per heavy atom. The molecule has 3 aromatic carbocycles. The van der Waals surface area contributed by atoms with E-state index in [1.165, 1.54) is 36.3 Å². The number of carbonyl (C=O) groups is 2. The summed E-state index contributed by atoms with van der Waals surface area (Å²) in [5.74, 6) is -0.344. The first-order valence-electron chi connectivity index (χ1n) is 10.5. The molecule has 1 N–H and O–H groups in total. The monoisotopic (exact) mass is 462 g/mol. The van der Waals surface area contributed by atoms with Crippen LogP contribution >= 0.6 is 0 Å². The molecule has 0 saturated carbocycles. The Hall–Kier alpha value is -4.24. The number of ketones is 1. The highest BCUT2D eigenvalue weighted by molar-refractivity contribution is 6.11. The van der Waals surface area contributed by atoms with Crippen LogP contribution in [0.4, 0.5) is 11.4 Å². The Kier molecular flexibility index (Phi) is 6.29. The minimum absolute atomic E-state index is 0.106. The van der Waals surface area contributed by atoms with Gasteiger partial charge >= 0.3 is 0 Å². The van der Waals surface area contributed by atoms with Gasteiger partial charge in [-0.05, 0) is 24.3 Å². The molecule has 1 unspecified atom stereocenters. The van der Waals surface area contributed by atoms with Gasteiger partial charge in [0.1, 0.15) is 6.61 Å². The summed E-state index contributed by atoms with van der Waals surface area (Å²) >= 11 is 0. The summed E-state index contributed by atoms with van der Waals surface area (Å²) in [5, 5.41) is 22.7. The van der Waals surface area contributed by atoms with Gasteiger partial charge in [0.25, 0.3) is 11.6 Å². The van der Waals surface area contributed by atoms with Gasteiger partial charge in [0.15, 0.2) is 22.9 Å². The number of nitro groups is 1. The van der Waals surface area contributed by atoms with E-state index in [0.717, 1.165) is 0 Å². The maximum absolute atomic E-state index is 13.3. The topological polar surface area (TPSA) is 119 Å². The van der Waals surface area contributed by atoms with E-state index >= 15 is 0 Å². The minimum atomic E-state index is -2.15. The highest BCUT2D eigenvalue weighted by Crippen LogP contribution is 2.43. The molecule has 1 aliphatic rings. The van der Waals surface area contributed by atoms with Gasteiger partial charge < -0.3 is 19.5 Å². The van der Waals surface area contributed by atoms with Crippen LogP contribution < -0.4 is 14.4 Å². The second-order valence-corrected chi connectivity index (χ2v) is 7.71. The number of amides is 1. The summed E-state index contributed by atoms with van der Waals surface area (Å²) in [7, 11) is 1.52. The molecule has 9 heteroatoms. The maximum Gasteiger partial charge on any atom is 0.280 e. The van der Waals surface area contributed by atoms with Crippen molar-refractivity contribution < 1.29 is 29.1 Å². The van der Waals surface area contributed by atoms with Crippen molar-refractivity contribution in [1.29, 1.82) is 0 Å². The van der Waals surface area contributed by atoms with Crippen molar-refractivity contribution in [1.82, 2.24) is 0 Å². The largest absolute Gasteiger partial charge is 0.493 e. The van der Waals surface area contributed by atoms with Crippen LogP contribution in [0, 0.1) is 10.1 Å². The Morgan fingerprint density at radius 1 is 1.03 bits per heavy atom. The van der Waals surface area contributed by atoms with Crippen LogP contribution in [0.15, 0.2) is 72.8 Å². The predicted octanol–water partition coefficient (Wildman–Crippen LogP) is 3.49. The quantitative estimate of drug-likeness (QED) is 0.294. The van der Waals surface area contributed by atoms with Gasteiger partial charge in [-0.2, -0.15) is 0 Å². The number of methoxy groups -OCH3 is 1. The lowest BCUT2D eigenvalue weighted by Gasteiger charge is -2.23. The van der Waals surface area contributed by atoms with Gasteiger partial charge in [-0.15, -0.1) is 0 Å². The van der Waals surface area contributed by atoms with E-state index in [4.69, 9.17) is 9.47 Å². The van der Waals surface area contributed by atoms with E-state index in [9.17, 15) is 24.8 Å². The molecule has 9 nitrogen and oxygen atoms in total. The predicted molar refractivity (Wildman–Crippen MR) is 123 cm³/mol. The summed E-state index contributed by atoms with van der Waals surface area (Å²) in [6, 6.07) is 19.2. The number of rotatable bonds is 9. The highest BCUT2D eigenvalue weighted by atomic mass is 16.6. The summed E-state index contributed by atoms with van der Waals surface area (Å²) in [6.07, 6.45) is -0.627. The number of aliphatic hydroxyl groups is 1. The van der Waals surface area contributed by atoms with Crippen LogP contribution in [0.5, 0.6) is 11.5 Å². The lowest BCUT2D eigenvalue weighted by atomic mass is 9.88. The standard InChI is InChI=1S/C25H22N2O7/c1-33-22-12-6-7-13-23(22)34-15-14-26-20-11-5-3-9-18(20)25(30,24(26)29)16-21(28)17-8-2-4-10-19(17)27(31)32/h2-13,30H,14-16H2,1H3. The van der Waals surface area contributed by atoms with E-state index in [1.54, 1.807) is 48.5 Å². The van der Waals surface area contributed by atoms with Gasteiger partial charge in [-0.1, -0.05) is 42.5 Å².